The maximum absolute atomic E-state index is 13.4. The van der Waals surface area contributed by atoms with Gasteiger partial charge < -0.3 is 0 Å². The van der Waals surface area contributed by atoms with Gasteiger partial charge >= 0.3 is 0 Å². The molecule has 0 unspecified atom stereocenters. The van der Waals surface area contributed by atoms with Crippen molar-refractivity contribution in [1.29, 1.82) is 0 Å². The predicted octanol–water partition coefficient (Wildman–Crippen LogP) is 4.31. The van der Waals surface area contributed by atoms with Gasteiger partial charge in [-0.25, -0.2) is 12.7 Å². The lowest BCUT2D eigenvalue weighted by molar-refractivity contribution is 0.596. The number of para-hydroxylation sites is 2. The highest BCUT2D eigenvalue weighted by atomic mass is 32.2. The van der Waals surface area contributed by atoms with E-state index >= 15 is 0 Å². The van der Waals surface area contributed by atoms with Crippen molar-refractivity contribution >= 4 is 21.4 Å². The number of hydrogen-bond donors (Lipinski definition) is 0. The molecule has 0 aliphatic carbocycles. The van der Waals surface area contributed by atoms with Crippen molar-refractivity contribution in [2.24, 2.45) is 0 Å². The molecule has 1 heterocycles. The van der Waals surface area contributed by atoms with Crippen LogP contribution in [0.3, 0.4) is 0 Å². The first-order valence-corrected chi connectivity index (χ1v) is 9.38. The van der Waals surface area contributed by atoms with Crippen LogP contribution in [0, 0.1) is 0 Å². The summed E-state index contributed by atoms with van der Waals surface area (Å²) in [5, 5.41) is 0. The molecule has 3 aromatic rings. The molecular weight excluding hydrogens is 318 g/mol. The highest BCUT2D eigenvalue weighted by molar-refractivity contribution is 7.93. The van der Waals surface area contributed by atoms with E-state index in [9.17, 15) is 8.42 Å². The molecule has 0 atom stereocenters. The first-order valence-electron chi connectivity index (χ1n) is 7.94. The van der Waals surface area contributed by atoms with Crippen molar-refractivity contribution < 1.29 is 8.42 Å². The molecule has 0 saturated carbocycles. The van der Waals surface area contributed by atoms with E-state index in [2.05, 4.69) is 0 Å². The Labute approximate surface area is 142 Å². The fraction of sp³-hybridized carbons (Fsp3) is 0.100. The van der Waals surface area contributed by atoms with Crippen molar-refractivity contribution in [2.45, 2.75) is 17.7 Å². The minimum atomic E-state index is -3.68. The van der Waals surface area contributed by atoms with Gasteiger partial charge in [0.25, 0.3) is 10.0 Å². The van der Waals surface area contributed by atoms with Gasteiger partial charge in [0.2, 0.25) is 0 Å². The maximum atomic E-state index is 13.4. The summed E-state index contributed by atoms with van der Waals surface area (Å²) in [4.78, 5) is 0.302. The van der Waals surface area contributed by atoms with Crippen LogP contribution in [-0.4, -0.2) is 8.42 Å². The second-order valence-electron chi connectivity index (χ2n) is 5.84. The molecule has 0 bridgehead atoms. The molecule has 0 radical (unpaired) electrons. The minimum absolute atomic E-state index is 0.302. The monoisotopic (exact) mass is 335 g/mol. The first kappa shape index (κ1) is 15.0. The van der Waals surface area contributed by atoms with Crippen molar-refractivity contribution in [2.75, 3.05) is 4.31 Å². The average molecular weight is 335 g/mol. The Morgan fingerprint density at radius 2 is 1.08 bits per heavy atom. The van der Waals surface area contributed by atoms with Crippen LogP contribution < -0.4 is 4.31 Å². The highest BCUT2D eigenvalue weighted by Crippen LogP contribution is 2.39. The normalized spacial score (nSPS) is 13.8. The van der Waals surface area contributed by atoms with Gasteiger partial charge in [0.05, 0.1) is 16.3 Å². The standard InChI is InChI=1S/C20H17NO2S/c22-24(23,18-10-2-1-3-11-18)21-19-12-6-4-8-16(19)14-15-17-9-5-7-13-20(17)21/h1-13H,14-15H2. The Morgan fingerprint density at radius 1 is 0.625 bits per heavy atom. The smallest absolute Gasteiger partial charge is 0.234 e. The van der Waals surface area contributed by atoms with Crippen molar-refractivity contribution in [3.63, 3.8) is 0 Å². The third-order valence-corrected chi connectivity index (χ3v) is 6.11. The fourth-order valence-electron chi connectivity index (χ4n) is 3.20. The van der Waals surface area contributed by atoms with Crippen LogP contribution in [0.25, 0.3) is 0 Å². The molecular formula is C20H17NO2S. The average Bonchev–Trinajstić information content (AvgIpc) is 2.79. The summed E-state index contributed by atoms with van der Waals surface area (Å²) >= 11 is 0. The second kappa shape index (κ2) is 5.80. The van der Waals surface area contributed by atoms with Crippen LogP contribution in [0.5, 0.6) is 0 Å². The Balaban J connectivity index is 2.00. The maximum Gasteiger partial charge on any atom is 0.268 e. The van der Waals surface area contributed by atoms with Gasteiger partial charge in [-0.2, -0.15) is 0 Å². The van der Waals surface area contributed by atoms with Gasteiger partial charge in [0.1, 0.15) is 0 Å². The lowest BCUT2D eigenvalue weighted by Crippen LogP contribution is -2.27. The van der Waals surface area contributed by atoms with E-state index in [4.69, 9.17) is 0 Å². The second-order valence-corrected chi connectivity index (χ2v) is 7.63. The van der Waals surface area contributed by atoms with E-state index < -0.39 is 10.0 Å². The Bertz CT molecular complexity index is 934. The molecule has 24 heavy (non-hydrogen) atoms. The Hall–Kier alpha value is -2.59. The molecule has 0 spiro atoms. The summed E-state index contributed by atoms with van der Waals surface area (Å²) in [6.07, 6.45) is 1.65. The van der Waals surface area contributed by atoms with Gasteiger partial charge in [0.15, 0.2) is 0 Å². The van der Waals surface area contributed by atoms with Gasteiger partial charge in [-0.15, -0.1) is 0 Å². The van der Waals surface area contributed by atoms with Gasteiger partial charge in [-0.05, 0) is 48.2 Å². The summed E-state index contributed by atoms with van der Waals surface area (Å²) < 4.78 is 28.3. The van der Waals surface area contributed by atoms with Crippen molar-refractivity contribution in [1.82, 2.24) is 0 Å². The van der Waals surface area contributed by atoms with Crippen LogP contribution in [0.4, 0.5) is 11.4 Å². The molecule has 4 heteroatoms. The zero-order chi connectivity index (χ0) is 16.6. The lowest BCUT2D eigenvalue weighted by Gasteiger charge is -2.26. The molecule has 0 amide bonds. The predicted molar refractivity (Wildman–Crippen MR) is 96.1 cm³/mol. The van der Waals surface area contributed by atoms with E-state index in [1.807, 2.05) is 54.6 Å². The van der Waals surface area contributed by atoms with E-state index in [-0.39, 0.29) is 0 Å². The summed E-state index contributed by atoms with van der Waals surface area (Å²) in [5.74, 6) is 0. The van der Waals surface area contributed by atoms with Crippen LogP contribution in [-0.2, 0) is 22.9 Å². The molecule has 1 aliphatic rings. The molecule has 3 nitrogen and oxygen atoms in total. The lowest BCUT2D eigenvalue weighted by atomic mass is 10.0. The third-order valence-electron chi connectivity index (χ3n) is 4.37. The number of anilines is 2. The molecule has 0 fully saturated rings. The van der Waals surface area contributed by atoms with Crippen molar-refractivity contribution in [3.05, 3.63) is 90.0 Å². The summed E-state index contributed by atoms with van der Waals surface area (Å²) in [5.41, 5.74) is 3.58. The largest absolute Gasteiger partial charge is 0.268 e. The molecule has 4 rings (SSSR count). The Kier molecular flexibility index (Phi) is 3.62. The molecule has 1 aliphatic heterocycles. The number of hydrogen-bond acceptors (Lipinski definition) is 2. The summed E-state index contributed by atoms with van der Waals surface area (Å²) in [7, 11) is -3.68. The molecule has 0 aromatic heterocycles. The first-order chi connectivity index (χ1) is 11.7. The molecule has 120 valence electrons. The van der Waals surface area contributed by atoms with Crippen LogP contribution in [0.2, 0.25) is 0 Å². The van der Waals surface area contributed by atoms with Crippen LogP contribution >= 0.6 is 0 Å². The SMILES string of the molecule is O=S(=O)(c1ccccc1)N1c2ccccc2CCc2ccccc21. The number of sulfonamides is 1. The van der Waals surface area contributed by atoms with Crippen LogP contribution in [0.15, 0.2) is 83.8 Å². The quantitative estimate of drug-likeness (QED) is 0.700. The van der Waals surface area contributed by atoms with Crippen LogP contribution in [0.1, 0.15) is 11.1 Å². The topological polar surface area (TPSA) is 37.4 Å². The molecule has 0 N–H and O–H groups in total. The van der Waals surface area contributed by atoms with Gasteiger partial charge in [-0.3, -0.25) is 0 Å². The molecule has 3 aromatic carbocycles. The number of fused-ring (bicyclic) bond motifs is 2. The summed E-state index contributed by atoms with van der Waals surface area (Å²) in [6.45, 7) is 0. The fourth-order valence-corrected chi connectivity index (χ4v) is 4.78. The van der Waals surface area contributed by atoms with Crippen molar-refractivity contribution in [3.8, 4) is 0 Å². The third kappa shape index (κ3) is 2.39. The number of benzene rings is 3. The highest BCUT2D eigenvalue weighted by Gasteiger charge is 2.31. The van der Waals surface area contributed by atoms with E-state index in [0.29, 0.717) is 4.90 Å². The van der Waals surface area contributed by atoms with Gasteiger partial charge in [-0.1, -0.05) is 54.6 Å². The van der Waals surface area contributed by atoms with E-state index in [1.54, 1.807) is 24.3 Å². The number of nitrogens with zero attached hydrogens (tertiary/aromatic N) is 1. The molecule has 0 saturated heterocycles. The number of aryl methyl sites for hydroxylation is 2. The zero-order valence-corrected chi connectivity index (χ0v) is 13.9. The zero-order valence-electron chi connectivity index (χ0n) is 13.1. The minimum Gasteiger partial charge on any atom is -0.234 e. The Morgan fingerprint density at radius 3 is 1.62 bits per heavy atom. The number of rotatable bonds is 2. The van der Waals surface area contributed by atoms with Gasteiger partial charge in [0, 0.05) is 0 Å². The van der Waals surface area contributed by atoms with E-state index in [1.165, 1.54) is 4.31 Å². The van der Waals surface area contributed by atoms with E-state index in [0.717, 1.165) is 35.3 Å². The summed E-state index contributed by atoms with van der Waals surface area (Å²) in [6, 6.07) is 24.1.